The molecular formula is C24H22CuN2O6. The maximum absolute atomic E-state index is 10.3. The van der Waals surface area contributed by atoms with Crippen molar-refractivity contribution >= 4 is 11.9 Å². The van der Waals surface area contributed by atoms with Gasteiger partial charge in [0.05, 0.1) is 0 Å². The zero-order chi connectivity index (χ0) is 23.6. The van der Waals surface area contributed by atoms with E-state index in [1.165, 1.54) is 24.3 Å². The summed E-state index contributed by atoms with van der Waals surface area (Å²) in [6, 6.07) is 23.1. The molecular weight excluding hydrogens is 476 g/mol. The van der Waals surface area contributed by atoms with E-state index in [2.05, 4.69) is 9.97 Å². The van der Waals surface area contributed by atoms with Crippen LogP contribution in [-0.4, -0.2) is 42.3 Å². The molecule has 1 radical (unpaired) electrons. The molecule has 2 heterocycles. The molecule has 0 amide bonds. The van der Waals surface area contributed by atoms with Gasteiger partial charge in [0.15, 0.2) is 0 Å². The van der Waals surface area contributed by atoms with Crippen LogP contribution in [0.3, 0.4) is 0 Å². The number of aromatic hydroxyl groups is 2. The van der Waals surface area contributed by atoms with Crippen molar-refractivity contribution in [1.29, 1.82) is 0 Å². The summed E-state index contributed by atoms with van der Waals surface area (Å²) in [5.41, 5.74) is -0.134. The van der Waals surface area contributed by atoms with E-state index in [4.69, 9.17) is 20.4 Å². The quantitative estimate of drug-likeness (QED) is 0.300. The Labute approximate surface area is 201 Å². The Morgan fingerprint density at radius 3 is 0.970 bits per heavy atom. The number of carboxylic acid groups (broad SMARTS) is 2. The monoisotopic (exact) mass is 497 g/mol. The summed E-state index contributed by atoms with van der Waals surface area (Å²) in [6.07, 6.45) is 7.00. The minimum Gasteiger partial charge on any atom is -0.507 e. The van der Waals surface area contributed by atoms with Crippen LogP contribution in [0, 0.1) is 0 Å². The standard InChI is InChI=1S/2C7H6O3.2C5H5N.Cu/c2*8-6-4-2-1-3-5(6)7(9)10;2*1-2-4-6-5-3-1;/h2*1-4,8H,(H,9,10);2*1-5H;. The summed E-state index contributed by atoms with van der Waals surface area (Å²) in [5.74, 6) is -2.62. The number of phenols is 2. The SMILES string of the molecule is O=C(O)c1ccccc1O.O=C(O)c1ccccc1O.[Cu].c1ccncc1.c1ccncc1. The number of hydrogen-bond donors (Lipinski definition) is 4. The number of benzene rings is 2. The third kappa shape index (κ3) is 13.0. The molecule has 0 unspecified atom stereocenters. The molecule has 0 fully saturated rings. The Balaban J connectivity index is 0.000000420. The second kappa shape index (κ2) is 17.5. The zero-order valence-electron chi connectivity index (χ0n) is 17.2. The van der Waals surface area contributed by atoms with Crippen LogP contribution in [0.25, 0.3) is 0 Å². The van der Waals surface area contributed by atoms with Crippen molar-refractivity contribution in [3.05, 3.63) is 121 Å². The largest absolute Gasteiger partial charge is 0.507 e. The van der Waals surface area contributed by atoms with Gasteiger partial charge in [-0.1, -0.05) is 36.4 Å². The average molecular weight is 498 g/mol. The van der Waals surface area contributed by atoms with E-state index in [0.717, 1.165) is 0 Å². The molecule has 0 atom stereocenters. The molecule has 4 aromatic rings. The van der Waals surface area contributed by atoms with E-state index >= 15 is 0 Å². The van der Waals surface area contributed by atoms with E-state index in [1.54, 1.807) is 49.1 Å². The third-order valence-corrected chi connectivity index (χ3v) is 3.40. The smallest absolute Gasteiger partial charge is 0.339 e. The van der Waals surface area contributed by atoms with Crippen molar-refractivity contribution < 1.29 is 47.1 Å². The predicted molar refractivity (Wildman–Crippen MR) is 119 cm³/mol. The first kappa shape index (κ1) is 28.8. The minimum atomic E-state index is -1.11. The molecule has 0 spiro atoms. The summed E-state index contributed by atoms with van der Waals surface area (Å²) in [7, 11) is 0. The molecule has 0 aliphatic heterocycles. The predicted octanol–water partition coefficient (Wildman–Crippen LogP) is 4.34. The number of aromatic carboxylic acids is 2. The van der Waals surface area contributed by atoms with Crippen molar-refractivity contribution in [3.63, 3.8) is 0 Å². The number of nitrogens with zero attached hydrogens (tertiary/aromatic N) is 2. The van der Waals surface area contributed by atoms with Crippen LogP contribution < -0.4 is 0 Å². The number of hydrogen-bond acceptors (Lipinski definition) is 6. The fourth-order valence-electron chi connectivity index (χ4n) is 1.93. The molecule has 2 aromatic heterocycles. The molecule has 9 heteroatoms. The van der Waals surface area contributed by atoms with E-state index in [9.17, 15) is 9.59 Å². The van der Waals surface area contributed by atoms with Gasteiger partial charge >= 0.3 is 11.9 Å². The summed E-state index contributed by atoms with van der Waals surface area (Å²) in [4.78, 5) is 28.1. The van der Waals surface area contributed by atoms with Gasteiger partial charge in [0.1, 0.15) is 22.6 Å². The van der Waals surface area contributed by atoms with Gasteiger partial charge in [-0.3, -0.25) is 9.97 Å². The van der Waals surface area contributed by atoms with Crippen LogP contribution >= 0.6 is 0 Å². The summed E-state index contributed by atoms with van der Waals surface area (Å²) in [6.45, 7) is 0. The van der Waals surface area contributed by atoms with Crippen LogP contribution in [0.2, 0.25) is 0 Å². The second-order valence-electron chi connectivity index (χ2n) is 5.69. The molecule has 0 aliphatic rings. The second-order valence-corrected chi connectivity index (χ2v) is 5.69. The Hall–Kier alpha value is -4.20. The van der Waals surface area contributed by atoms with Gasteiger partial charge in [-0.05, 0) is 48.5 Å². The molecule has 175 valence electrons. The fraction of sp³-hybridized carbons (Fsp3) is 0. The Morgan fingerprint density at radius 1 is 0.515 bits per heavy atom. The van der Waals surface area contributed by atoms with Gasteiger partial charge in [0.2, 0.25) is 0 Å². The molecule has 0 aliphatic carbocycles. The molecule has 0 bridgehead atoms. The van der Waals surface area contributed by atoms with E-state index in [-0.39, 0.29) is 39.7 Å². The van der Waals surface area contributed by atoms with E-state index in [1.807, 2.05) is 36.4 Å². The van der Waals surface area contributed by atoms with Gasteiger partial charge < -0.3 is 20.4 Å². The van der Waals surface area contributed by atoms with Gasteiger partial charge in [0.25, 0.3) is 0 Å². The van der Waals surface area contributed by atoms with Gasteiger partial charge in [0, 0.05) is 41.9 Å². The van der Waals surface area contributed by atoms with Gasteiger partial charge in [-0.15, -0.1) is 0 Å². The van der Waals surface area contributed by atoms with Crippen LogP contribution in [0.5, 0.6) is 11.5 Å². The van der Waals surface area contributed by atoms with Crippen LogP contribution in [0.1, 0.15) is 20.7 Å². The summed E-state index contributed by atoms with van der Waals surface area (Å²) in [5, 5.41) is 34.6. The van der Waals surface area contributed by atoms with Crippen molar-refractivity contribution in [2.24, 2.45) is 0 Å². The Morgan fingerprint density at radius 2 is 0.818 bits per heavy atom. The van der Waals surface area contributed by atoms with Crippen molar-refractivity contribution in [3.8, 4) is 11.5 Å². The van der Waals surface area contributed by atoms with Crippen molar-refractivity contribution in [2.75, 3.05) is 0 Å². The minimum absolute atomic E-state index is 0. The third-order valence-electron chi connectivity index (χ3n) is 3.40. The number of pyridine rings is 2. The maximum atomic E-state index is 10.3. The molecule has 0 saturated carbocycles. The number of aromatic nitrogens is 2. The first-order valence-electron chi connectivity index (χ1n) is 9.16. The maximum Gasteiger partial charge on any atom is 0.339 e. The summed E-state index contributed by atoms with van der Waals surface area (Å²) < 4.78 is 0. The normalized spacial score (nSPS) is 8.48. The average Bonchev–Trinajstić information content (AvgIpc) is 2.83. The van der Waals surface area contributed by atoms with Crippen LogP contribution in [-0.2, 0) is 17.1 Å². The van der Waals surface area contributed by atoms with Crippen LogP contribution in [0.15, 0.2) is 110 Å². The Kier molecular flexibility index (Phi) is 15.3. The zero-order valence-corrected chi connectivity index (χ0v) is 18.1. The number of rotatable bonds is 2. The topological polar surface area (TPSA) is 141 Å². The van der Waals surface area contributed by atoms with E-state index in [0.29, 0.717) is 0 Å². The first-order chi connectivity index (χ1) is 15.4. The van der Waals surface area contributed by atoms with Crippen molar-refractivity contribution in [2.45, 2.75) is 0 Å². The Bertz CT molecular complexity index is 926. The van der Waals surface area contributed by atoms with Gasteiger partial charge in [-0.2, -0.15) is 0 Å². The first-order valence-corrected chi connectivity index (χ1v) is 9.16. The molecule has 0 saturated heterocycles. The van der Waals surface area contributed by atoms with Gasteiger partial charge in [-0.25, -0.2) is 9.59 Å². The van der Waals surface area contributed by atoms with Crippen molar-refractivity contribution in [1.82, 2.24) is 9.97 Å². The number of carboxylic acids is 2. The molecule has 2 aromatic carbocycles. The molecule has 4 rings (SSSR count). The fourth-order valence-corrected chi connectivity index (χ4v) is 1.93. The van der Waals surface area contributed by atoms with E-state index < -0.39 is 11.9 Å². The van der Waals surface area contributed by atoms with Crippen LogP contribution in [0.4, 0.5) is 0 Å². The number of carbonyl (C=O) groups is 2. The molecule has 4 N–H and O–H groups in total. The summed E-state index contributed by atoms with van der Waals surface area (Å²) >= 11 is 0. The molecule has 33 heavy (non-hydrogen) atoms. The number of para-hydroxylation sites is 2. The molecule has 8 nitrogen and oxygen atoms in total.